The second-order valence-electron chi connectivity index (χ2n) is 5.27. The summed E-state index contributed by atoms with van der Waals surface area (Å²) in [7, 11) is -2.78. The van der Waals surface area contributed by atoms with Gasteiger partial charge in [-0.3, -0.25) is 4.79 Å². The molecular weight excluding hydrogens is 333 g/mol. The Balaban J connectivity index is 2.42. The van der Waals surface area contributed by atoms with Crippen molar-refractivity contribution in [3.63, 3.8) is 0 Å². The van der Waals surface area contributed by atoms with Crippen molar-refractivity contribution in [3.8, 4) is 0 Å². The van der Waals surface area contributed by atoms with Gasteiger partial charge in [0.1, 0.15) is 6.04 Å². The highest BCUT2D eigenvalue weighted by Gasteiger charge is 2.38. The molecule has 128 valence electrons. The molecule has 1 amide bonds. The Hall–Kier alpha value is -1.61. The summed E-state index contributed by atoms with van der Waals surface area (Å²) in [6.45, 7) is 0.108. The third kappa shape index (κ3) is 3.66. The van der Waals surface area contributed by atoms with Gasteiger partial charge in [-0.2, -0.15) is 17.5 Å². The van der Waals surface area contributed by atoms with Crippen LogP contribution in [0.5, 0.6) is 0 Å². The molecular formula is C14H17F3N2O3S. The molecule has 1 aliphatic heterocycles. The summed E-state index contributed by atoms with van der Waals surface area (Å²) in [6.07, 6.45) is -3.04. The fraction of sp³-hybridized carbons (Fsp3) is 0.500. The van der Waals surface area contributed by atoms with Crippen LogP contribution >= 0.6 is 0 Å². The van der Waals surface area contributed by atoms with Gasteiger partial charge in [-0.25, -0.2) is 8.42 Å². The molecule has 0 bridgehead atoms. The van der Waals surface area contributed by atoms with Gasteiger partial charge in [0.25, 0.3) is 0 Å². The molecule has 1 heterocycles. The van der Waals surface area contributed by atoms with Crippen LogP contribution in [0.25, 0.3) is 0 Å². The number of carbonyl (C=O) groups is 1. The van der Waals surface area contributed by atoms with Crippen molar-refractivity contribution in [3.05, 3.63) is 29.8 Å². The van der Waals surface area contributed by atoms with E-state index in [2.05, 4.69) is 5.32 Å². The fourth-order valence-corrected chi connectivity index (χ4v) is 4.29. The molecule has 2 rings (SSSR count). The number of hydrogen-bond acceptors (Lipinski definition) is 3. The summed E-state index contributed by atoms with van der Waals surface area (Å²) in [5.41, 5.74) is -1.04. The van der Waals surface area contributed by atoms with Crippen LogP contribution in [0.1, 0.15) is 24.8 Å². The predicted octanol–water partition coefficient (Wildman–Crippen LogP) is 1.99. The molecule has 0 radical (unpaired) electrons. The Labute approximate surface area is 132 Å². The summed E-state index contributed by atoms with van der Waals surface area (Å²) in [5, 5.41) is 2.40. The molecule has 9 heteroatoms. The largest absolute Gasteiger partial charge is 0.416 e. The maximum atomic E-state index is 12.8. The van der Waals surface area contributed by atoms with Crippen LogP contribution in [0, 0.1) is 0 Å². The van der Waals surface area contributed by atoms with Crippen LogP contribution in [0.15, 0.2) is 29.2 Å². The third-order valence-corrected chi connectivity index (χ3v) is 5.67. The molecule has 5 nitrogen and oxygen atoms in total. The van der Waals surface area contributed by atoms with Crippen molar-refractivity contribution in [2.75, 3.05) is 13.6 Å². The van der Waals surface area contributed by atoms with Crippen molar-refractivity contribution in [1.82, 2.24) is 9.62 Å². The molecule has 1 aromatic carbocycles. The molecule has 23 heavy (non-hydrogen) atoms. The van der Waals surface area contributed by atoms with E-state index in [0.717, 1.165) is 22.5 Å². The zero-order chi connectivity index (χ0) is 17.3. The topological polar surface area (TPSA) is 66.5 Å². The highest BCUT2D eigenvalue weighted by atomic mass is 32.2. The average Bonchev–Trinajstić information content (AvgIpc) is 2.53. The first-order chi connectivity index (χ1) is 10.7. The van der Waals surface area contributed by atoms with E-state index in [-0.39, 0.29) is 6.54 Å². The number of carbonyl (C=O) groups excluding carboxylic acids is 1. The SMILES string of the molecule is CNC(=O)[C@@H]1CCCCN1S(=O)(=O)c1cccc(C(F)(F)F)c1. The lowest BCUT2D eigenvalue weighted by molar-refractivity contribution is -0.137. The van der Waals surface area contributed by atoms with E-state index in [0.29, 0.717) is 25.3 Å². The van der Waals surface area contributed by atoms with E-state index >= 15 is 0 Å². The minimum Gasteiger partial charge on any atom is -0.358 e. The number of hydrogen-bond donors (Lipinski definition) is 1. The Morgan fingerprint density at radius 1 is 1.30 bits per heavy atom. The summed E-state index contributed by atoms with van der Waals surface area (Å²) < 4.78 is 64.7. The second-order valence-corrected chi connectivity index (χ2v) is 7.16. The Bertz CT molecular complexity index is 689. The van der Waals surface area contributed by atoms with Crippen molar-refractivity contribution in [2.24, 2.45) is 0 Å². The van der Waals surface area contributed by atoms with Gasteiger partial charge in [-0.15, -0.1) is 0 Å². The maximum Gasteiger partial charge on any atom is 0.416 e. The zero-order valence-electron chi connectivity index (χ0n) is 12.4. The Morgan fingerprint density at radius 3 is 2.61 bits per heavy atom. The van der Waals surface area contributed by atoms with Gasteiger partial charge in [0.2, 0.25) is 15.9 Å². The van der Waals surface area contributed by atoms with Crippen LogP contribution in [-0.4, -0.2) is 38.3 Å². The maximum absolute atomic E-state index is 12.8. The van der Waals surface area contributed by atoms with Gasteiger partial charge in [0, 0.05) is 13.6 Å². The summed E-state index contributed by atoms with van der Waals surface area (Å²) in [6, 6.07) is 2.68. The van der Waals surface area contributed by atoms with Gasteiger partial charge in [-0.05, 0) is 31.0 Å². The number of likely N-dealkylation sites (N-methyl/N-ethyl adjacent to an activating group) is 1. The van der Waals surface area contributed by atoms with Crippen molar-refractivity contribution in [1.29, 1.82) is 0 Å². The monoisotopic (exact) mass is 350 g/mol. The summed E-state index contributed by atoms with van der Waals surface area (Å²) in [5.74, 6) is -0.458. The quantitative estimate of drug-likeness (QED) is 0.907. The first-order valence-electron chi connectivity index (χ1n) is 7.08. The number of sulfonamides is 1. The molecule has 1 aromatic rings. The predicted molar refractivity (Wildman–Crippen MR) is 77.0 cm³/mol. The highest BCUT2D eigenvalue weighted by Crippen LogP contribution is 2.32. The van der Waals surface area contributed by atoms with E-state index in [1.165, 1.54) is 7.05 Å². The minimum absolute atomic E-state index is 0.108. The molecule has 1 N–H and O–H groups in total. The smallest absolute Gasteiger partial charge is 0.358 e. The van der Waals surface area contributed by atoms with E-state index in [4.69, 9.17) is 0 Å². The van der Waals surface area contributed by atoms with Gasteiger partial charge >= 0.3 is 6.18 Å². The molecule has 1 fully saturated rings. The molecule has 0 unspecified atom stereocenters. The van der Waals surface area contributed by atoms with E-state index in [1.54, 1.807) is 0 Å². The molecule has 1 atom stereocenters. The van der Waals surface area contributed by atoms with Gasteiger partial charge in [0.15, 0.2) is 0 Å². The first-order valence-corrected chi connectivity index (χ1v) is 8.52. The van der Waals surface area contributed by atoms with Gasteiger partial charge in [0.05, 0.1) is 10.5 Å². The number of benzene rings is 1. The Morgan fingerprint density at radius 2 is 2.00 bits per heavy atom. The third-order valence-electron chi connectivity index (χ3n) is 3.77. The highest BCUT2D eigenvalue weighted by molar-refractivity contribution is 7.89. The van der Waals surface area contributed by atoms with E-state index in [9.17, 15) is 26.4 Å². The normalized spacial score (nSPS) is 20.3. The number of nitrogens with one attached hydrogen (secondary N) is 1. The molecule has 1 saturated heterocycles. The number of piperidine rings is 1. The van der Waals surface area contributed by atoms with Crippen LogP contribution in [0.2, 0.25) is 0 Å². The lowest BCUT2D eigenvalue weighted by Crippen LogP contribution is -2.51. The van der Waals surface area contributed by atoms with Crippen molar-refractivity contribution < 1.29 is 26.4 Å². The molecule has 0 saturated carbocycles. The molecule has 1 aliphatic rings. The second kappa shape index (κ2) is 6.48. The van der Waals surface area contributed by atoms with Crippen molar-refractivity contribution in [2.45, 2.75) is 36.4 Å². The Kier molecular flexibility index (Phi) is 5.00. The average molecular weight is 350 g/mol. The number of alkyl halides is 3. The molecule has 0 aromatic heterocycles. The van der Waals surface area contributed by atoms with Crippen LogP contribution in [0.4, 0.5) is 13.2 Å². The fourth-order valence-electron chi connectivity index (χ4n) is 2.59. The number of rotatable bonds is 3. The van der Waals surface area contributed by atoms with Gasteiger partial charge < -0.3 is 5.32 Å². The standard InChI is InChI=1S/C14H17F3N2O3S/c1-18-13(20)12-7-2-3-8-19(12)23(21,22)11-6-4-5-10(9-11)14(15,16)17/h4-6,9,12H,2-3,7-8H2,1H3,(H,18,20)/t12-/m0/s1. The lowest BCUT2D eigenvalue weighted by Gasteiger charge is -2.33. The van der Waals surface area contributed by atoms with Gasteiger partial charge in [-0.1, -0.05) is 12.5 Å². The first kappa shape index (κ1) is 17.7. The minimum atomic E-state index is -4.63. The van der Waals surface area contributed by atoms with Crippen molar-refractivity contribution >= 4 is 15.9 Å². The molecule has 0 aliphatic carbocycles. The van der Waals surface area contributed by atoms with E-state index in [1.807, 2.05) is 0 Å². The number of nitrogens with zero attached hydrogens (tertiary/aromatic N) is 1. The van der Waals surface area contributed by atoms with Crippen LogP contribution in [0.3, 0.4) is 0 Å². The van der Waals surface area contributed by atoms with Crippen LogP contribution in [-0.2, 0) is 21.0 Å². The lowest BCUT2D eigenvalue weighted by atomic mass is 10.0. The summed E-state index contributed by atoms with van der Waals surface area (Å²) in [4.78, 5) is 11.4. The van der Waals surface area contributed by atoms with E-state index < -0.39 is 38.6 Å². The molecule has 0 spiro atoms. The number of amides is 1. The zero-order valence-corrected chi connectivity index (χ0v) is 13.2. The number of halogens is 3. The van der Waals surface area contributed by atoms with Crippen LogP contribution < -0.4 is 5.32 Å². The summed E-state index contributed by atoms with van der Waals surface area (Å²) >= 11 is 0.